The summed E-state index contributed by atoms with van der Waals surface area (Å²) in [6, 6.07) is 7.89. The number of benzene rings is 1. The highest BCUT2D eigenvalue weighted by atomic mass is 16.5. The van der Waals surface area contributed by atoms with Crippen molar-refractivity contribution in [2.45, 2.75) is 45.1 Å². The summed E-state index contributed by atoms with van der Waals surface area (Å²) in [4.78, 5) is 4.46. The quantitative estimate of drug-likeness (QED) is 0.790. The SMILES string of the molecule is CCCC(OC)c1noc(CC(C)c2ccc(N)cc2)n1. The third-order valence-electron chi connectivity index (χ3n) is 3.59. The van der Waals surface area contributed by atoms with Gasteiger partial charge in [0.25, 0.3) is 0 Å². The zero-order valence-electron chi connectivity index (χ0n) is 12.9. The van der Waals surface area contributed by atoms with Gasteiger partial charge in [0.1, 0.15) is 6.10 Å². The second-order valence-electron chi connectivity index (χ2n) is 5.33. The van der Waals surface area contributed by atoms with Crippen LogP contribution in [-0.4, -0.2) is 17.3 Å². The fraction of sp³-hybridized carbons (Fsp3) is 0.500. The van der Waals surface area contributed by atoms with Gasteiger partial charge in [-0.15, -0.1) is 0 Å². The van der Waals surface area contributed by atoms with Gasteiger partial charge in [0.15, 0.2) is 0 Å². The van der Waals surface area contributed by atoms with Crippen molar-refractivity contribution in [3.63, 3.8) is 0 Å². The molecule has 0 bridgehead atoms. The molecule has 2 rings (SSSR count). The second kappa shape index (κ2) is 7.22. The Hall–Kier alpha value is -1.88. The summed E-state index contributed by atoms with van der Waals surface area (Å²) >= 11 is 0. The topological polar surface area (TPSA) is 74.2 Å². The monoisotopic (exact) mass is 289 g/mol. The second-order valence-corrected chi connectivity index (χ2v) is 5.33. The minimum absolute atomic E-state index is 0.0840. The Kier molecular flexibility index (Phi) is 5.33. The molecule has 0 aliphatic heterocycles. The molecule has 0 aliphatic rings. The molecule has 2 atom stereocenters. The molecule has 2 N–H and O–H groups in total. The minimum Gasteiger partial charge on any atom is -0.399 e. The molecule has 114 valence electrons. The van der Waals surface area contributed by atoms with Crippen molar-refractivity contribution in [1.82, 2.24) is 10.1 Å². The number of methoxy groups -OCH3 is 1. The molecule has 2 aromatic rings. The summed E-state index contributed by atoms with van der Waals surface area (Å²) in [5.41, 5.74) is 7.69. The Labute approximate surface area is 125 Å². The van der Waals surface area contributed by atoms with Crippen molar-refractivity contribution in [2.24, 2.45) is 0 Å². The van der Waals surface area contributed by atoms with Gasteiger partial charge in [0.2, 0.25) is 11.7 Å². The van der Waals surface area contributed by atoms with E-state index >= 15 is 0 Å². The van der Waals surface area contributed by atoms with E-state index in [1.54, 1.807) is 7.11 Å². The van der Waals surface area contributed by atoms with Crippen molar-refractivity contribution in [1.29, 1.82) is 0 Å². The first-order valence-electron chi connectivity index (χ1n) is 7.34. The molecule has 0 fully saturated rings. The zero-order chi connectivity index (χ0) is 15.2. The highest BCUT2D eigenvalue weighted by Crippen LogP contribution is 2.23. The van der Waals surface area contributed by atoms with E-state index in [1.807, 2.05) is 24.3 Å². The summed E-state index contributed by atoms with van der Waals surface area (Å²) in [5.74, 6) is 1.58. The van der Waals surface area contributed by atoms with Crippen LogP contribution in [0.25, 0.3) is 0 Å². The van der Waals surface area contributed by atoms with Crippen LogP contribution in [-0.2, 0) is 11.2 Å². The van der Waals surface area contributed by atoms with Crippen LogP contribution < -0.4 is 5.73 Å². The maximum absolute atomic E-state index is 5.71. The number of aromatic nitrogens is 2. The van der Waals surface area contributed by atoms with Crippen molar-refractivity contribution >= 4 is 5.69 Å². The standard InChI is InChI=1S/C16H23N3O2/c1-4-5-14(20-3)16-18-15(21-19-16)10-11(2)12-6-8-13(17)9-7-12/h6-9,11,14H,4-5,10,17H2,1-3H3. The summed E-state index contributed by atoms with van der Waals surface area (Å²) in [6.07, 6.45) is 2.53. The molecule has 1 aromatic carbocycles. The molecule has 0 amide bonds. The Morgan fingerprint density at radius 1 is 1.29 bits per heavy atom. The van der Waals surface area contributed by atoms with E-state index in [0.29, 0.717) is 24.1 Å². The molecule has 0 saturated heterocycles. The van der Waals surface area contributed by atoms with E-state index in [9.17, 15) is 0 Å². The first kappa shape index (κ1) is 15.5. The lowest BCUT2D eigenvalue weighted by molar-refractivity contribution is 0.0854. The van der Waals surface area contributed by atoms with Crippen LogP contribution in [0.1, 0.15) is 56.0 Å². The number of nitrogen functional groups attached to an aromatic ring is 1. The van der Waals surface area contributed by atoms with E-state index in [4.69, 9.17) is 15.0 Å². The molecule has 1 aromatic heterocycles. The van der Waals surface area contributed by atoms with Crippen molar-refractivity contribution in [3.05, 3.63) is 41.5 Å². The van der Waals surface area contributed by atoms with Crippen molar-refractivity contribution in [3.8, 4) is 0 Å². The van der Waals surface area contributed by atoms with E-state index in [-0.39, 0.29) is 6.10 Å². The van der Waals surface area contributed by atoms with Gasteiger partial charge in [-0.3, -0.25) is 0 Å². The molecule has 2 unspecified atom stereocenters. The van der Waals surface area contributed by atoms with Gasteiger partial charge in [-0.25, -0.2) is 0 Å². The number of nitrogens with zero attached hydrogens (tertiary/aromatic N) is 2. The van der Waals surface area contributed by atoms with Gasteiger partial charge in [0, 0.05) is 19.2 Å². The van der Waals surface area contributed by atoms with Crippen molar-refractivity contribution < 1.29 is 9.26 Å². The smallest absolute Gasteiger partial charge is 0.227 e. The molecule has 21 heavy (non-hydrogen) atoms. The fourth-order valence-corrected chi connectivity index (χ4v) is 2.30. The lowest BCUT2D eigenvalue weighted by Gasteiger charge is -2.09. The van der Waals surface area contributed by atoms with E-state index < -0.39 is 0 Å². The van der Waals surface area contributed by atoms with Crippen LogP contribution in [0.15, 0.2) is 28.8 Å². The Morgan fingerprint density at radius 2 is 2.00 bits per heavy atom. The van der Waals surface area contributed by atoms with Gasteiger partial charge >= 0.3 is 0 Å². The minimum atomic E-state index is -0.0840. The Bertz CT molecular complexity index is 551. The number of rotatable bonds is 7. The fourth-order valence-electron chi connectivity index (χ4n) is 2.30. The zero-order valence-corrected chi connectivity index (χ0v) is 12.9. The van der Waals surface area contributed by atoms with Gasteiger partial charge < -0.3 is 15.0 Å². The number of hydrogen-bond donors (Lipinski definition) is 1. The van der Waals surface area contributed by atoms with E-state index in [0.717, 1.165) is 18.5 Å². The molecule has 0 radical (unpaired) electrons. The summed E-state index contributed by atoms with van der Waals surface area (Å²) < 4.78 is 10.7. The number of anilines is 1. The maximum atomic E-state index is 5.71. The van der Waals surface area contributed by atoms with Crippen LogP contribution in [0.2, 0.25) is 0 Å². The summed E-state index contributed by atoms with van der Waals surface area (Å²) in [6.45, 7) is 4.24. The van der Waals surface area contributed by atoms with Crippen LogP contribution in [0.5, 0.6) is 0 Å². The molecule has 1 heterocycles. The first-order chi connectivity index (χ1) is 10.1. The Balaban J connectivity index is 2.03. The maximum Gasteiger partial charge on any atom is 0.227 e. The number of nitrogens with two attached hydrogens (primary N) is 1. The van der Waals surface area contributed by atoms with E-state index in [2.05, 4.69) is 24.0 Å². The first-order valence-corrected chi connectivity index (χ1v) is 7.34. The average molecular weight is 289 g/mol. The van der Waals surface area contributed by atoms with Crippen LogP contribution >= 0.6 is 0 Å². The molecule has 0 aliphatic carbocycles. The van der Waals surface area contributed by atoms with E-state index in [1.165, 1.54) is 5.56 Å². The van der Waals surface area contributed by atoms with Crippen LogP contribution in [0.3, 0.4) is 0 Å². The summed E-state index contributed by atoms with van der Waals surface area (Å²) in [7, 11) is 1.67. The summed E-state index contributed by atoms with van der Waals surface area (Å²) in [5, 5.41) is 4.04. The molecule has 0 saturated carbocycles. The average Bonchev–Trinajstić information content (AvgIpc) is 2.93. The number of hydrogen-bond acceptors (Lipinski definition) is 5. The van der Waals surface area contributed by atoms with Gasteiger partial charge in [-0.05, 0) is 30.0 Å². The van der Waals surface area contributed by atoms with Gasteiger partial charge in [-0.2, -0.15) is 4.98 Å². The van der Waals surface area contributed by atoms with Crippen LogP contribution in [0, 0.1) is 0 Å². The largest absolute Gasteiger partial charge is 0.399 e. The number of ether oxygens (including phenoxy) is 1. The molecular formula is C16H23N3O2. The normalized spacial score (nSPS) is 14.0. The lowest BCUT2D eigenvalue weighted by atomic mass is 9.98. The van der Waals surface area contributed by atoms with Crippen LogP contribution in [0.4, 0.5) is 5.69 Å². The predicted molar refractivity (Wildman–Crippen MR) is 81.9 cm³/mol. The lowest BCUT2D eigenvalue weighted by Crippen LogP contribution is -2.04. The molecular weight excluding hydrogens is 266 g/mol. The highest BCUT2D eigenvalue weighted by Gasteiger charge is 2.18. The third kappa shape index (κ3) is 4.04. The molecule has 5 nitrogen and oxygen atoms in total. The third-order valence-corrected chi connectivity index (χ3v) is 3.59. The molecule has 5 heteroatoms. The highest BCUT2D eigenvalue weighted by molar-refractivity contribution is 5.40. The Morgan fingerprint density at radius 3 is 2.62 bits per heavy atom. The van der Waals surface area contributed by atoms with Gasteiger partial charge in [-0.1, -0.05) is 37.6 Å². The van der Waals surface area contributed by atoms with Gasteiger partial charge in [0.05, 0.1) is 0 Å². The molecule has 0 spiro atoms. The van der Waals surface area contributed by atoms with Crippen molar-refractivity contribution in [2.75, 3.05) is 12.8 Å². The predicted octanol–water partition coefficient (Wildman–Crippen LogP) is 3.49.